The number of hydrogen-bond donors (Lipinski definition) is 2. The fraction of sp³-hybridized carbons (Fsp3) is 0.789. The minimum atomic E-state index is -2.57. The van der Waals surface area contributed by atoms with E-state index in [-0.39, 0.29) is 18.7 Å². The Hall–Kier alpha value is -1.54. The van der Waals surface area contributed by atoms with Crippen LogP contribution in [0.25, 0.3) is 0 Å². The highest BCUT2D eigenvalue weighted by Crippen LogP contribution is 2.30. The number of β-amino-alcohol motifs (C(OH)–C–C–N with tert-alkyl or cyclic N) is 1. The number of aryl methyl sites for hydroxylation is 2. The second kappa shape index (κ2) is 7.83. The molecule has 0 spiro atoms. The zero-order valence-electron chi connectivity index (χ0n) is 16.2. The number of aliphatic hydroxyl groups is 1. The SMILES string of the molecule is Cc1n[nH]c(C)c1CC(=O)N1CCCC(O)(CN2CCC(F)(F)CC2)CC1. The summed E-state index contributed by atoms with van der Waals surface area (Å²) in [5.41, 5.74) is 1.78. The molecule has 27 heavy (non-hydrogen) atoms. The molecule has 2 aliphatic heterocycles. The van der Waals surface area contributed by atoms with Crippen LogP contribution in [0.1, 0.15) is 49.1 Å². The van der Waals surface area contributed by atoms with E-state index in [4.69, 9.17) is 0 Å². The van der Waals surface area contributed by atoms with Gasteiger partial charge < -0.3 is 14.9 Å². The average Bonchev–Trinajstić information content (AvgIpc) is 2.81. The highest BCUT2D eigenvalue weighted by atomic mass is 19.3. The molecule has 0 bridgehead atoms. The Morgan fingerprint density at radius 3 is 2.48 bits per heavy atom. The largest absolute Gasteiger partial charge is 0.388 e. The fourth-order valence-corrected chi connectivity index (χ4v) is 4.14. The number of halogens is 2. The molecule has 2 N–H and O–H groups in total. The van der Waals surface area contributed by atoms with Crippen molar-refractivity contribution in [2.45, 2.75) is 63.9 Å². The van der Waals surface area contributed by atoms with Gasteiger partial charge in [-0.1, -0.05) is 0 Å². The quantitative estimate of drug-likeness (QED) is 0.833. The van der Waals surface area contributed by atoms with Gasteiger partial charge in [0.05, 0.1) is 17.7 Å². The average molecular weight is 384 g/mol. The van der Waals surface area contributed by atoms with Gasteiger partial charge in [0, 0.05) is 56.8 Å². The Kier molecular flexibility index (Phi) is 5.86. The summed E-state index contributed by atoms with van der Waals surface area (Å²) in [6.07, 6.45) is 1.82. The first kappa shape index (κ1) is 20.2. The second-order valence-corrected chi connectivity index (χ2v) is 8.18. The van der Waals surface area contributed by atoms with Crippen molar-refractivity contribution in [2.24, 2.45) is 0 Å². The normalized spacial score (nSPS) is 26.8. The molecule has 152 valence electrons. The summed E-state index contributed by atoms with van der Waals surface area (Å²) < 4.78 is 26.7. The first-order valence-electron chi connectivity index (χ1n) is 9.78. The van der Waals surface area contributed by atoms with Crippen molar-refractivity contribution in [3.8, 4) is 0 Å². The van der Waals surface area contributed by atoms with E-state index in [1.54, 1.807) is 0 Å². The molecule has 1 unspecified atom stereocenters. The van der Waals surface area contributed by atoms with Crippen molar-refractivity contribution < 1.29 is 18.7 Å². The molecule has 2 aliphatic rings. The smallest absolute Gasteiger partial charge is 0.250 e. The van der Waals surface area contributed by atoms with Gasteiger partial charge in [-0.15, -0.1) is 0 Å². The van der Waals surface area contributed by atoms with Gasteiger partial charge in [0.15, 0.2) is 0 Å². The molecule has 3 heterocycles. The van der Waals surface area contributed by atoms with Gasteiger partial charge >= 0.3 is 0 Å². The van der Waals surface area contributed by atoms with Crippen LogP contribution in [0, 0.1) is 13.8 Å². The first-order chi connectivity index (χ1) is 12.7. The van der Waals surface area contributed by atoms with E-state index in [1.165, 1.54) is 0 Å². The van der Waals surface area contributed by atoms with Gasteiger partial charge in [0.1, 0.15) is 0 Å². The van der Waals surface area contributed by atoms with Crippen LogP contribution in [0.3, 0.4) is 0 Å². The highest BCUT2D eigenvalue weighted by molar-refractivity contribution is 5.79. The zero-order chi connectivity index (χ0) is 19.7. The summed E-state index contributed by atoms with van der Waals surface area (Å²) in [4.78, 5) is 16.5. The minimum absolute atomic E-state index is 0.0458. The monoisotopic (exact) mass is 384 g/mol. The maximum Gasteiger partial charge on any atom is 0.250 e. The number of piperidine rings is 1. The molecular weight excluding hydrogens is 354 g/mol. The molecule has 1 aromatic heterocycles. The van der Waals surface area contributed by atoms with Gasteiger partial charge in [-0.25, -0.2) is 8.78 Å². The summed E-state index contributed by atoms with van der Waals surface area (Å²) in [7, 11) is 0. The molecule has 8 heteroatoms. The predicted octanol–water partition coefficient (Wildman–Crippen LogP) is 2.04. The number of amides is 1. The van der Waals surface area contributed by atoms with Crippen LogP contribution in [0.5, 0.6) is 0 Å². The maximum atomic E-state index is 13.3. The number of hydrogen-bond acceptors (Lipinski definition) is 4. The van der Waals surface area contributed by atoms with Gasteiger partial charge in [0.25, 0.3) is 5.92 Å². The summed E-state index contributed by atoms with van der Waals surface area (Å²) in [6, 6.07) is 0. The van der Waals surface area contributed by atoms with E-state index in [0.29, 0.717) is 52.0 Å². The van der Waals surface area contributed by atoms with Crippen LogP contribution in [0.4, 0.5) is 8.78 Å². The molecule has 0 radical (unpaired) electrons. The van der Waals surface area contributed by atoms with Crippen LogP contribution in [0.2, 0.25) is 0 Å². The molecule has 0 aromatic carbocycles. The van der Waals surface area contributed by atoms with Gasteiger partial charge in [-0.05, 0) is 33.1 Å². The predicted molar refractivity (Wildman–Crippen MR) is 97.8 cm³/mol. The van der Waals surface area contributed by atoms with Gasteiger partial charge in [-0.2, -0.15) is 5.10 Å². The molecule has 1 amide bonds. The third-order valence-electron chi connectivity index (χ3n) is 5.98. The zero-order valence-corrected chi connectivity index (χ0v) is 16.2. The number of aromatic nitrogens is 2. The van der Waals surface area contributed by atoms with E-state index < -0.39 is 11.5 Å². The molecule has 1 aromatic rings. The number of nitrogens with one attached hydrogen (secondary N) is 1. The molecule has 2 saturated heterocycles. The molecule has 0 aliphatic carbocycles. The highest BCUT2D eigenvalue weighted by Gasteiger charge is 2.38. The third-order valence-corrected chi connectivity index (χ3v) is 5.98. The number of H-pyrrole nitrogens is 1. The number of rotatable bonds is 4. The number of carbonyl (C=O) groups is 1. The van der Waals surface area contributed by atoms with Gasteiger partial charge in [0.2, 0.25) is 5.91 Å². The fourth-order valence-electron chi connectivity index (χ4n) is 4.14. The van der Waals surface area contributed by atoms with Crippen molar-refractivity contribution in [1.29, 1.82) is 0 Å². The Labute approximate surface area is 158 Å². The molecule has 3 rings (SSSR count). The van der Waals surface area contributed by atoms with Crippen LogP contribution in [-0.2, 0) is 11.2 Å². The minimum Gasteiger partial charge on any atom is -0.388 e. The van der Waals surface area contributed by atoms with Crippen molar-refractivity contribution in [3.05, 3.63) is 17.0 Å². The number of alkyl halides is 2. The Morgan fingerprint density at radius 1 is 1.15 bits per heavy atom. The Bertz CT molecular complexity index is 649. The maximum absolute atomic E-state index is 13.3. The first-order valence-corrected chi connectivity index (χ1v) is 9.78. The molecule has 2 fully saturated rings. The lowest BCUT2D eigenvalue weighted by molar-refractivity contribution is -0.130. The lowest BCUT2D eigenvalue weighted by Gasteiger charge is -2.37. The molecule has 1 atom stereocenters. The summed E-state index contributed by atoms with van der Waals surface area (Å²) in [5, 5.41) is 18.0. The van der Waals surface area contributed by atoms with Gasteiger partial charge in [-0.3, -0.25) is 9.89 Å². The standard InChI is InChI=1S/C19H30F2N4O2/c1-14-16(15(2)23-22-14)12-17(26)25-8-3-4-18(27,5-11-25)13-24-9-6-19(20,21)7-10-24/h27H,3-13H2,1-2H3,(H,22,23). The van der Waals surface area contributed by atoms with Crippen molar-refractivity contribution in [2.75, 3.05) is 32.7 Å². The van der Waals surface area contributed by atoms with Crippen LogP contribution < -0.4 is 0 Å². The van der Waals surface area contributed by atoms with Crippen LogP contribution in [-0.4, -0.2) is 75.3 Å². The third kappa shape index (κ3) is 5.04. The second-order valence-electron chi connectivity index (χ2n) is 8.18. The summed E-state index contributed by atoms with van der Waals surface area (Å²) in [6.45, 7) is 5.95. The van der Waals surface area contributed by atoms with Crippen molar-refractivity contribution >= 4 is 5.91 Å². The lowest BCUT2D eigenvalue weighted by atomic mass is 9.93. The van der Waals surface area contributed by atoms with E-state index in [1.807, 2.05) is 23.6 Å². The number of nitrogens with zero attached hydrogens (tertiary/aromatic N) is 3. The van der Waals surface area contributed by atoms with E-state index in [9.17, 15) is 18.7 Å². The topological polar surface area (TPSA) is 72.5 Å². The molecular formula is C19H30F2N4O2. The number of carbonyl (C=O) groups excluding carboxylic acids is 1. The van der Waals surface area contributed by atoms with Crippen molar-refractivity contribution in [3.63, 3.8) is 0 Å². The van der Waals surface area contributed by atoms with E-state index >= 15 is 0 Å². The van der Waals surface area contributed by atoms with E-state index in [0.717, 1.165) is 23.4 Å². The Balaban J connectivity index is 1.54. The number of aromatic amines is 1. The summed E-state index contributed by atoms with van der Waals surface area (Å²) >= 11 is 0. The number of likely N-dealkylation sites (tertiary alicyclic amines) is 2. The van der Waals surface area contributed by atoms with E-state index in [2.05, 4.69) is 10.2 Å². The van der Waals surface area contributed by atoms with Crippen molar-refractivity contribution in [1.82, 2.24) is 20.0 Å². The Morgan fingerprint density at radius 2 is 1.85 bits per heavy atom. The van der Waals surface area contributed by atoms with Crippen LogP contribution >= 0.6 is 0 Å². The molecule has 6 nitrogen and oxygen atoms in total. The lowest BCUT2D eigenvalue weighted by Crippen LogP contribution is -2.48. The van der Waals surface area contributed by atoms with Crippen LogP contribution in [0.15, 0.2) is 0 Å². The molecule has 0 saturated carbocycles. The summed E-state index contributed by atoms with van der Waals surface area (Å²) in [5.74, 6) is -2.53.